The highest BCUT2D eigenvalue weighted by Crippen LogP contribution is 2.49. The van der Waals surface area contributed by atoms with E-state index >= 15 is 0 Å². The summed E-state index contributed by atoms with van der Waals surface area (Å²) in [4.78, 5) is 15.1. The number of thiophene rings is 1. The molecule has 1 aliphatic carbocycles. The van der Waals surface area contributed by atoms with E-state index in [1.54, 1.807) is 18.4 Å². The Bertz CT molecular complexity index is 735. The van der Waals surface area contributed by atoms with Crippen LogP contribution < -0.4 is 5.32 Å². The zero-order chi connectivity index (χ0) is 17.3. The first-order chi connectivity index (χ1) is 11.5. The van der Waals surface area contributed by atoms with E-state index in [9.17, 15) is 4.79 Å². The molecule has 0 saturated heterocycles. The predicted octanol–water partition coefficient (Wildman–Crippen LogP) is 2.94. The molecule has 130 valence electrons. The summed E-state index contributed by atoms with van der Waals surface area (Å²) in [6.45, 7) is 8.07. The number of carbonyl (C=O) groups is 1. The maximum atomic E-state index is 12.4. The molecule has 2 aromatic rings. The van der Waals surface area contributed by atoms with Gasteiger partial charge in [0.05, 0.1) is 18.8 Å². The third-order valence-electron chi connectivity index (χ3n) is 4.73. The number of ether oxygens (including phenoxy) is 1. The minimum atomic E-state index is 0.132. The number of aryl methyl sites for hydroxylation is 2. The highest BCUT2D eigenvalue weighted by Gasteiger charge is 2.44. The Labute approximate surface area is 147 Å². The maximum Gasteiger partial charge on any atom is 0.224 e. The van der Waals surface area contributed by atoms with Gasteiger partial charge in [-0.2, -0.15) is 5.10 Å². The zero-order valence-electron chi connectivity index (χ0n) is 14.8. The number of hydrogen-bond donors (Lipinski definition) is 1. The van der Waals surface area contributed by atoms with Crippen LogP contribution in [-0.2, 0) is 22.6 Å². The smallest absolute Gasteiger partial charge is 0.224 e. The molecule has 2 aromatic heterocycles. The summed E-state index contributed by atoms with van der Waals surface area (Å²) in [5.41, 5.74) is 3.19. The van der Waals surface area contributed by atoms with Crippen LogP contribution in [0.2, 0.25) is 0 Å². The van der Waals surface area contributed by atoms with Crippen LogP contribution in [0.3, 0.4) is 0 Å². The Hall–Kier alpha value is -1.66. The molecule has 0 radical (unpaired) electrons. The zero-order valence-corrected chi connectivity index (χ0v) is 15.6. The van der Waals surface area contributed by atoms with Crippen LogP contribution >= 0.6 is 11.3 Å². The van der Waals surface area contributed by atoms with Gasteiger partial charge in [0, 0.05) is 46.5 Å². The van der Waals surface area contributed by atoms with Crippen molar-refractivity contribution < 1.29 is 9.53 Å². The third-order valence-corrected chi connectivity index (χ3v) is 5.86. The summed E-state index contributed by atoms with van der Waals surface area (Å²) < 4.78 is 7.07. The summed E-state index contributed by atoms with van der Waals surface area (Å²) >= 11 is 1.80. The molecule has 1 aliphatic rings. The van der Waals surface area contributed by atoms with Gasteiger partial charge in [-0.1, -0.05) is 0 Å². The molecule has 24 heavy (non-hydrogen) atoms. The Morgan fingerprint density at radius 1 is 1.42 bits per heavy atom. The van der Waals surface area contributed by atoms with Gasteiger partial charge in [-0.05, 0) is 39.3 Å². The van der Waals surface area contributed by atoms with Gasteiger partial charge in [0.25, 0.3) is 0 Å². The highest BCUT2D eigenvalue weighted by atomic mass is 32.1. The molecule has 0 bridgehead atoms. The molecule has 0 spiro atoms. The minimum absolute atomic E-state index is 0.132. The average Bonchev–Trinajstić information content (AvgIpc) is 3.17. The van der Waals surface area contributed by atoms with Crippen molar-refractivity contribution in [2.45, 2.75) is 46.2 Å². The molecule has 1 amide bonds. The van der Waals surface area contributed by atoms with Gasteiger partial charge in [0.15, 0.2) is 0 Å². The first-order valence-electron chi connectivity index (χ1n) is 8.37. The number of rotatable bonds is 7. The molecule has 3 rings (SSSR count). The van der Waals surface area contributed by atoms with E-state index in [-0.39, 0.29) is 11.8 Å². The van der Waals surface area contributed by atoms with Crippen molar-refractivity contribution >= 4 is 17.2 Å². The summed E-state index contributed by atoms with van der Waals surface area (Å²) in [7, 11) is 1.69. The molecule has 0 unspecified atom stereocenters. The van der Waals surface area contributed by atoms with Crippen molar-refractivity contribution in [2.24, 2.45) is 5.92 Å². The average molecular weight is 347 g/mol. The number of carbonyl (C=O) groups excluding carboxylic acids is 1. The lowest BCUT2D eigenvalue weighted by Gasteiger charge is -2.07. The van der Waals surface area contributed by atoms with E-state index in [1.165, 1.54) is 9.75 Å². The summed E-state index contributed by atoms with van der Waals surface area (Å²) in [5, 5.41) is 7.64. The van der Waals surface area contributed by atoms with Crippen LogP contribution in [0, 0.1) is 26.7 Å². The van der Waals surface area contributed by atoms with E-state index in [0.29, 0.717) is 19.1 Å². The fourth-order valence-corrected chi connectivity index (χ4v) is 4.20. The first kappa shape index (κ1) is 17.2. The number of methoxy groups -OCH3 is 1. The largest absolute Gasteiger partial charge is 0.383 e. The molecule has 1 fully saturated rings. The van der Waals surface area contributed by atoms with Crippen LogP contribution in [0.15, 0.2) is 12.1 Å². The SMILES string of the molecule is COCCn1nc(C)c(CNC(=O)[C@H]2C[C@@H]2c2ccc(C)s2)c1C. The third kappa shape index (κ3) is 3.54. The van der Waals surface area contributed by atoms with Gasteiger partial charge in [-0.3, -0.25) is 9.48 Å². The molecule has 0 aliphatic heterocycles. The van der Waals surface area contributed by atoms with Crippen molar-refractivity contribution in [3.63, 3.8) is 0 Å². The van der Waals surface area contributed by atoms with Gasteiger partial charge < -0.3 is 10.1 Å². The molecule has 1 N–H and O–H groups in total. The highest BCUT2D eigenvalue weighted by molar-refractivity contribution is 7.12. The second-order valence-electron chi connectivity index (χ2n) is 6.48. The first-order valence-corrected chi connectivity index (χ1v) is 9.18. The maximum absolute atomic E-state index is 12.4. The van der Waals surface area contributed by atoms with Gasteiger partial charge in [0.1, 0.15) is 0 Å². The molecule has 6 heteroatoms. The van der Waals surface area contributed by atoms with Crippen molar-refractivity contribution in [1.29, 1.82) is 0 Å². The molecule has 1 saturated carbocycles. The van der Waals surface area contributed by atoms with Crippen LogP contribution in [-0.4, -0.2) is 29.4 Å². The lowest BCUT2D eigenvalue weighted by atomic mass is 10.2. The summed E-state index contributed by atoms with van der Waals surface area (Å²) in [6.07, 6.45) is 0.969. The quantitative estimate of drug-likeness (QED) is 0.838. The molecular weight excluding hydrogens is 322 g/mol. The lowest BCUT2D eigenvalue weighted by molar-refractivity contribution is -0.122. The Morgan fingerprint density at radius 3 is 2.88 bits per heavy atom. The van der Waals surface area contributed by atoms with E-state index in [2.05, 4.69) is 29.5 Å². The van der Waals surface area contributed by atoms with Crippen LogP contribution in [0.5, 0.6) is 0 Å². The Morgan fingerprint density at radius 2 is 2.21 bits per heavy atom. The van der Waals surface area contributed by atoms with Crippen molar-refractivity contribution in [1.82, 2.24) is 15.1 Å². The Balaban J connectivity index is 1.56. The summed E-state index contributed by atoms with van der Waals surface area (Å²) in [5.74, 6) is 0.706. The lowest BCUT2D eigenvalue weighted by Crippen LogP contribution is -2.25. The minimum Gasteiger partial charge on any atom is -0.383 e. The molecular formula is C18H25N3O2S. The fraction of sp³-hybridized carbons (Fsp3) is 0.556. The van der Waals surface area contributed by atoms with E-state index in [4.69, 9.17) is 4.74 Å². The number of amides is 1. The van der Waals surface area contributed by atoms with Crippen molar-refractivity contribution in [2.75, 3.05) is 13.7 Å². The standard InChI is InChI=1S/C18H25N3O2S/c1-11-5-6-17(24-11)14-9-15(14)18(22)19-10-16-12(2)20-21(13(16)3)7-8-23-4/h5-6,14-15H,7-10H2,1-4H3,(H,19,22)/t14-,15-/m0/s1. The van der Waals surface area contributed by atoms with Gasteiger partial charge in [-0.25, -0.2) is 0 Å². The predicted molar refractivity (Wildman–Crippen MR) is 95.3 cm³/mol. The molecule has 0 aromatic carbocycles. The van der Waals surface area contributed by atoms with Crippen molar-refractivity contribution in [3.8, 4) is 0 Å². The Kier molecular flexibility index (Phi) is 5.06. The topological polar surface area (TPSA) is 56.1 Å². The summed E-state index contributed by atoms with van der Waals surface area (Å²) in [6, 6.07) is 4.29. The van der Waals surface area contributed by atoms with Crippen LogP contribution in [0.1, 0.15) is 39.0 Å². The van der Waals surface area contributed by atoms with Crippen LogP contribution in [0.4, 0.5) is 0 Å². The number of nitrogens with zero attached hydrogens (tertiary/aromatic N) is 2. The molecule has 2 atom stereocenters. The van der Waals surface area contributed by atoms with E-state index in [1.807, 2.05) is 18.5 Å². The van der Waals surface area contributed by atoms with Crippen LogP contribution in [0.25, 0.3) is 0 Å². The van der Waals surface area contributed by atoms with E-state index < -0.39 is 0 Å². The number of hydrogen-bond acceptors (Lipinski definition) is 4. The molecule has 5 nitrogen and oxygen atoms in total. The second-order valence-corrected chi connectivity index (χ2v) is 7.80. The van der Waals surface area contributed by atoms with E-state index in [0.717, 1.165) is 29.9 Å². The van der Waals surface area contributed by atoms with Gasteiger partial charge in [0.2, 0.25) is 5.91 Å². The van der Waals surface area contributed by atoms with Gasteiger partial charge >= 0.3 is 0 Å². The van der Waals surface area contributed by atoms with Gasteiger partial charge in [-0.15, -0.1) is 11.3 Å². The fourth-order valence-electron chi connectivity index (χ4n) is 3.14. The normalized spacial score (nSPS) is 19.5. The monoisotopic (exact) mass is 347 g/mol. The second kappa shape index (κ2) is 7.07. The van der Waals surface area contributed by atoms with Crippen molar-refractivity contribution in [3.05, 3.63) is 38.8 Å². The molecule has 2 heterocycles. The number of aromatic nitrogens is 2. The number of nitrogens with one attached hydrogen (secondary N) is 1.